The number of halogens is 3. The first-order chi connectivity index (χ1) is 12.7. The van der Waals surface area contributed by atoms with Crippen molar-refractivity contribution in [2.24, 2.45) is 5.92 Å². The van der Waals surface area contributed by atoms with Crippen LogP contribution in [0.15, 0.2) is 18.2 Å². The molecule has 9 heteroatoms. The van der Waals surface area contributed by atoms with Gasteiger partial charge in [-0.3, -0.25) is 0 Å². The van der Waals surface area contributed by atoms with Crippen LogP contribution in [-0.4, -0.2) is 48.2 Å². The summed E-state index contributed by atoms with van der Waals surface area (Å²) in [6, 6.07) is 3.67. The molecule has 2 aliphatic rings. The third-order valence-corrected chi connectivity index (χ3v) is 5.21. The maximum Gasteiger partial charge on any atom is 0.573 e. The Bertz CT molecular complexity index is 684. The lowest BCUT2D eigenvalue weighted by Crippen LogP contribution is -2.50. The van der Waals surface area contributed by atoms with E-state index in [-0.39, 0.29) is 17.9 Å². The molecule has 6 nitrogen and oxygen atoms in total. The molecule has 1 saturated carbocycles. The molecule has 1 aromatic rings. The highest BCUT2D eigenvalue weighted by Gasteiger charge is 2.45. The van der Waals surface area contributed by atoms with E-state index in [1.807, 2.05) is 0 Å². The van der Waals surface area contributed by atoms with E-state index in [2.05, 4.69) is 10.1 Å². The van der Waals surface area contributed by atoms with Crippen LogP contribution in [0.3, 0.4) is 0 Å². The summed E-state index contributed by atoms with van der Waals surface area (Å²) < 4.78 is 47.0. The fraction of sp³-hybridized carbons (Fsp3) is 0.611. The molecule has 1 aliphatic carbocycles. The molecular formula is C18H23F3N2O4. The first kappa shape index (κ1) is 19.6. The maximum atomic E-state index is 12.6. The van der Waals surface area contributed by atoms with Crippen LogP contribution in [0.1, 0.15) is 31.2 Å². The predicted molar refractivity (Wildman–Crippen MR) is 90.4 cm³/mol. The summed E-state index contributed by atoms with van der Waals surface area (Å²) in [7, 11) is 1.33. The highest BCUT2D eigenvalue weighted by Crippen LogP contribution is 2.45. The smallest absolute Gasteiger partial charge is 0.496 e. The zero-order valence-corrected chi connectivity index (χ0v) is 15.0. The minimum absolute atomic E-state index is 0.108. The van der Waals surface area contributed by atoms with Gasteiger partial charge in [-0.1, -0.05) is 6.07 Å². The van der Waals surface area contributed by atoms with Crippen molar-refractivity contribution in [2.45, 2.75) is 44.2 Å². The van der Waals surface area contributed by atoms with Gasteiger partial charge in [-0.2, -0.15) is 0 Å². The summed E-state index contributed by atoms with van der Waals surface area (Å²) in [5, 5.41) is 13.2. The largest absolute Gasteiger partial charge is 0.573 e. The van der Waals surface area contributed by atoms with Gasteiger partial charge in [-0.15, -0.1) is 13.2 Å². The molecule has 2 amide bonds. The van der Waals surface area contributed by atoms with E-state index in [4.69, 9.17) is 4.74 Å². The SMILES string of the molecule is COc1cccc(OC(F)(F)F)c1CNC(=O)N1CCC(O)(C2CC2)CC1. The summed E-state index contributed by atoms with van der Waals surface area (Å²) in [5.74, 6) is 0.112. The molecule has 0 spiro atoms. The second kappa shape index (κ2) is 7.46. The molecule has 3 rings (SSSR count). The highest BCUT2D eigenvalue weighted by atomic mass is 19.4. The number of ether oxygens (including phenoxy) is 2. The minimum atomic E-state index is -4.84. The topological polar surface area (TPSA) is 71.0 Å². The fourth-order valence-electron chi connectivity index (χ4n) is 3.53. The zero-order chi connectivity index (χ0) is 19.7. The predicted octanol–water partition coefficient (Wildman–Crippen LogP) is 3.04. The van der Waals surface area contributed by atoms with E-state index in [0.29, 0.717) is 31.8 Å². The number of carbonyl (C=O) groups is 1. The Labute approximate surface area is 155 Å². The Morgan fingerprint density at radius 2 is 1.93 bits per heavy atom. The third kappa shape index (κ3) is 4.77. The number of amides is 2. The number of rotatable bonds is 5. The Morgan fingerprint density at radius 1 is 1.30 bits per heavy atom. The van der Waals surface area contributed by atoms with Crippen molar-refractivity contribution in [3.05, 3.63) is 23.8 Å². The molecule has 1 heterocycles. The quantitative estimate of drug-likeness (QED) is 0.814. The van der Waals surface area contributed by atoms with E-state index in [1.165, 1.54) is 25.3 Å². The van der Waals surface area contributed by atoms with Crippen LogP contribution >= 0.6 is 0 Å². The van der Waals surface area contributed by atoms with Gasteiger partial charge in [0.25, 0.3) is 0 Å². The number of aliphatic hydroxyl groups is 1. The van der Waals surface area contributed by atoms with Crippen molar-refractivity contribution in [3.8, 4) is 11.5 Å². The monoisotopic (exact) mass is 388 g/mol. The molecule has 27 heavy (non-hydrogen) atoms. The first-order valence-electron chi connectivity index (χ1n) is 8.88. The molecule has 0 bridgehead atoms. The number of nitrogens with one attached hydrogen (secondary N) is 1. The molecule has 0 unspecified atom stereocenters. The van der Waals surface area contributed by atoms with Gasteiger partial charge in [0, 0.05) is 13.1 Å². The van der Waals surface area contributed by atoms with Gasteiger partial charge >= 0.3 is 12.4 Å². The van der Waals surface area contributed by atoms with Crippen LogP contribution in [-0.2, 0) is 6.54 Å². The number of likely N-dealkylation sites (tertiary alicyclic amines) is 1. The summed E-state index contributed by atoms with van der Waals surface area (Å²) >= 11 is 0. The van der Waals surface area contributed by atoms with Crippen molar-refractivity contribution >= 4 is 6.03 Å². The highest BCUT2D eigenvalue weighted by molar-refractivity contribution is 5.74. The Hall–Kier alpha value is -2.16. The molecule has 1 aromatic carbocycles. The summed E-state index contributed by atoms with van der Waals surface area (Å²) in [6.45, 7) is 0.658. The first-order valence-corrected chi connectivity index (χ1v) is 8.88. The number of urea groups is 1. The number of carbonyl (C=O) groups excluding carboxylic acids is 1. The second-order valence-corrected chi connectivity index (χ2v) is 7.01. The molecule has 2 fully saturated rings. The zero-order valence-electron chi connectivity index (χ0n) is 15.0. The lowest BCUT2D eigenvalue weighted by Gasteiger charge is -2.38. The van der Waals surface area contributed by atoms with Crippen molar-refractivity contribution in [1.29, 1.82) is 0 Å². The van der Waals surface area contributed by atoms with Gasteiger partial charge in [0.15, 0.2) is 0 Å². The number of alkyl halides is 3. The van der Waals surface area contributed by atoms with Crippen LogP contribution in [0.5, 0.6) is 11.5 Å². The van der Waals surface area contributed by atoms with Gasteiger partial charge < -0.3 is 24.8 Å². The molecule has 0 atom stereocenters. The number of nitrogens with zero attached hydrogens (tertiary/aromatic N) is 1. The number of piperidine rings is 1. The van der Waals surface area contributed by atoms with Crippen molar-refractivity contribution < 1.29 is 32.5 Å². The minimum Gasteiger partial charge on any atom is -0.496 e. The van der Waals surface area contributed by atoms with Gasteiger partial charge in [0.1, 0.15) is 11.5 Å². The second-order valence-electron chi connectivity index (χ2n) is 7.01. The van der Waals surface area contributed by atoms with Crippen molar-refractivity contribution in [3.63, 3.8) is 0 Å². The van der Waals surface area contributed by atoms with Crippen LogP contribution in [0, 0.1) is 5.92 Å². The third-order valence-electron chi connectivity index (χ3n) is 5.21. The van der Waals surface area contributed by atoms with E-state index < -0.39 is 23.7 Å². The Balaban J connectivity index is 1.61. The Kier molecular flexibility index (Phi) is 5.41. The molecule has 150 valence electrons. The molecule has 2 N–H and O–H groups in total. The number of hydrogen-bond donors (Lipinski definition) is 2. The lowest BCUT2D eigenvalue weighted by molar-refractivity contribution is -0.274. The van der Waals surface area contributed by atoms with E-state index in [9.17, 15) is 23.1 Å². The van der Waals surface area contributed by atoms with Crippen LogP contribution in [0.25, 0.3) is 0 Å². The molecule has 0 radical (unpaired) electrons. The molecule has 1 aliphatic heterocycles. The number of hydrogen-bond acceptors (Lipinski definition) is 4. The van der Waals surface area contributed by atoms with Gasteiger partial charge in [-0.25, -0.2) is 4.79 Å². The fourth-order valence-corrected chi connectivity index (χ4v) is 3.53. The standard InChI is InChI=1S/C18H23F3N2O4/c1-26-14-3-2-4-15(27-18(19,20)21)13(14)11-22-16(24)23-9-7-17(25,8-10-23)12-5-6-12/h2-4,12,25H,5-11H2,1H3,(H,22,24). The van der Waals surface area contributed by atoms with Crippen molar-refractivity contribution in [1.82, 2.24) is 10.2 Å². The van der Waals surface area contributed by atoms with Crippen molar-refractivity contribution in [2.75, 3.05) is 20.2 Å². The number of methoxy groups -OCH3 is 1. The van der Waals surface area contributed by atoms with Gasteiger partial charge in [0.2, 0.25) is 0 Å². The van der Waals surface area contributed by atoms with Crippen LogP contribution < -0.4 is 14.8 Å². The molecule has 1 saturated heterocycles. The van der Waals surface area contributed by atoms with E-state index in [1.54, 1.807) is 4.90 Å². The van der Waals surface area contributed by atoms with Crippen LogP contribution in [0.2, 0.25) is 0 Å². The molecule has 0 aromatic heterocycles. The Morgan fingerprint density at radius 3 is 2.48 bits per heavy atom. The number of benzene rings is 1. The van der Waals surface area contributed by atoms with E-state index >= 15 is 0 Å². The van der Waals surface area contributed by atoms with Crippen LogP contribution in [0.4, 0.5) is 18.0 Å². The normalized spacial score (nSPS) is 19.5. The summed E-state index contributed by atoms with van der Waals surface area (Å²) in [5.41, 5.74) is -0.579. The summed E-state index contributed by atoms with van der Waals surface area (Å²) in [4.78, 5) is 14.0. The summed E-state index contributed by atoms with van der Waals surface area (Å²) in [6.07, 6.45) is -1.76. The van der Waals surface area contributed by atoms with Gasteiger partial charge in [0.05, 0.1) is 24.8 Å². The molecular weight excluding hydrogens is 365 g/mol. The maximum absolute atomic E-state index is 12.6. The van der Waals surface area contributed by atoms with Gasteiger partial charge in [-0.05, 0) is 43.7 Å². The lowest BCUT2D eigenvalue weighted by atomic mass is 9.87. The average molecular weight is 388 g/mol. The average Bonchev–Trinajstić information content (AvgIpc) is 3.45. The van der Waals surface area contributed by atoms with E-state index in [0.717, 1.165) is 12.8 Å².